The maximum absolute atomic E-state index is 12.3. The molecule has 4 N–H and O–H groups in total. The number of aliphatic hydroxyl groups is 2. The number of benzene rings is 1. The van der Waals surface area contributed by atoms with Gasteiger partial charge in [-0.3, -0.25) is 33.5 Å². The van der Waals surface area contributed by atoms with E-state index < -0.39 is 61.7 Å². The molecule has 1 aliphatic heterocycles. The van der Waals surface area contributed by atoms with Gasteiger partial charge < -0.3 is 19.8 Å². The molecule has 0 amide bonds. The molecule has 0 aliphatic carbocycles. The molecule has 1 saturated heterocycles. The van der Waals surface area contributed by atoms with Crippen LogP contribution in [0.15, 0.2) is 46.1 Å². The number of nitrogens with one attached hydrogen (secondary N) is 1. The molecule has 14 nitrogen and oxygen atoms in total. The van der Waals surface area contributed by atoms with Gasteiger partial charge in [0.2, 0.25) is 0 Å². The van der Waals surface area contributed by atoms with E-state index in [-0.39, 0.29) is 11.3 Å². The van der Waals surface area contributed by atoms with E-state index in [9.17, 15) is 39.4 Å². The van der Waals surface area contributed by atoms with Gasteiger partial charge >= 0.3 is 13.5 Å². The summed E-state index contributed by atoms with van der Waals surface area (Å²) in [4.78, 5) is 45.3. The van der Waals surface area contributed by atoms with Crippen LogP contribution in [-0.2, 0) is 25.0 Å². The van der Waals surface area contributed by atoms with Crippen LogP contribution in [-0.4, -0.2) is 54.5 Å². The Morgan fingerprint density at radius 3 is 2.71 bits per heavy atom. The van der Waals surface area contributed by atoms with Gasteiger partial charge in [-0.15, -0.1) is 0 Å². The number of nitro benzene ring substituents is 1. The van der Waals surface area contributed by atoms with Crippen LogP contribution in [0.1, 0.15) is 11.8 Å². The summed E-state index contributed by atoms with van der Waals surface area (Å²) >= 11 is 0. The third-order valence-electron chi connectivity index (χ3n) is 4.39. The van der Waals surface area contributed by atoms with E-state index in [1.54, 1.807) is 0 Å². The Hall–Kier alpha value is -2.71. The molecule has 1 aliphatic rings. The summed E-state index contributed by atoms with van der Waals surface area (Å²) in [5.74, 6) is 0. The van der Waals surface area contributed by atoms with Gasteiger partial charge in [0.05, 0.1) is 18.1 Å². The van der Waals surface area contributed by atoms with Crippen molar-refractivity contribution in [1.29, 1.82) is 0 Å². The average Bonchev–Trinajstić information content (AvgIpc) is 3.02. The van der Waals surface area contributed by atoms with Crippen molar-refractivity contribution < 1.29 is 38.4 Å². The molecule has 31 heavy (non-hydrogen) atoms. The molecule has 0 radical (unpaired) electrons. The zero-order chi connectivity index (χ0) is 22.8. The number of phosphoric acid groups is 1. The van der Waals surface area contributed by atoms with Crippen molar-refractivity contribution >= 4 is 13.5 Å². The maximum atomic E-state index is 12.3. The second-order valence-electron chi connectivity index (χ2n) is 6.49. The van der Waals surface area contributed by atoms with Crippen molar-refractivity contribution in [2.75, 3.05) is 6.61 Å². The number of nitrogens with zero attached hydrogens (tertiary/aromatic N) is 2. The lowest BCUT2D eigenvalue weighted by Crippen LogP contribution is -2.38. The monoisotopic (exact) mass is 459 g/mol. The SMILES string of the molecule is O=c1ccn([C@@H]2O[C@H](CO)[C@@H](OP(=O)(O)OCc3cccc([N+](=O)[O-])c3)[C@H]2O)c(=O)[nH]1. The molecule has 1 unspecified atom stereocenters. The van der Waals surface area contributed by atoms with Gasteiger partial charge in [0.15, 0.2) is 6.23 Å². The molecule has 2 heterocycles. The van der Waals surface area contributed by atoms with E-state index in [0.29, 0.717) is 0 Å². The van der Waals surface area contributed by atoms with Crippen molar-refractivity contribution in [3.63, 3.8) is 0 Å². The van der Waals surface area contributed by atoms with Crippen LogP contribution in [0.2, 0.25) is 0 Å². The minimum atomic E-state index is -4.84. The second-order valence-corrected chi connectivity index (χ2v) is 7.90. The second kappa shape index (κ2) is 9.20. The minimum absolute atomic E-state index is 0.215. The molecule has 168 valence electrons. The van der Waals surface area contributed by atoms with Gasteiger partial charge in [0.1, 0.15) is 18.3 Å². The number of H-pyrrole nitrogens is 1. The smallest absolute Gasteiger partial charge is 0.394 e. The van der Waals surface area contributed by atoms with Crippen molar-refractivity contribution in [3.05, 3.63) is 73.0 Å². The van der Waals surface area contributed by atoms with Crippen molar-refractivity contribution in [3.8, 4) is 0 Å². The van der Waals surface area contributed by atoms with Crippen molar-refractivity contribution in [1.82, 2.24) is 9.55 Å². The number of aromatic amines is 1. The Kier molecular flexibility index (Phi) is 6.81. The molecule has 1 aromatic heterocycles. The standard InChI is InChI=1S/C16H18N3O11P/c20-7-11-14(13(22)15(29-11)18-5-4-12(21)17-16(18)23)30-31(26,27)28-8-9-2-1-3-10(6-9)19(24)25/h1-6,11,13-15,20,22H,7-8H2,(H,26,27)(H,17,21,23)/t11-,13-,14-,15-/m1/s1. The number of phosphoric ester groups is 1. The Bertz CT molecular complexity index is 1120. The summed E-state index contributed by atoms with van der Waals surface area (Å²) in [7, 11) is -4.84. The molecule has 1 aromatic carbocycles. The Balaban J connectivity index is 1.72. The number of hydrogen-bond acceptors (Lipinski definition) is 10. The van der Waals surface area contributed by atoms with E-state index in [1.807, 2.05) is 4.98 Å². The Morgan fingerprint density at radius 1 is 1.32 bits per heavy atom. The lowest BCUT2D eigenvalue weighted by atomic mass is 10.1. The summed E-state index contributed by atoms with van der Waals surface area (Å²) in [5.41, 5.74) is -1.63. The molecule has 3 rings (SSSR count). The number of rotatable bonds is 8. The summed E-state index contributed by atoms with van der Waals surface area (Å²) in [6.07, 6.45) is -4.95. The summed E-state index contributed by atoms with van der Waals surface area (Å²) in [6.45, 7) is -1.26. The van der Waals surface area contributed by atoms with Crippen molar-refractivity contribution in [2.24, 2.45) is 0 Å². The van der Waals surface area contributed by atoms with E-state index in [4.69, 9.17) is 13.8 Å². The first-order valence-electron chi connectivity index (χ1n) is 8.76. The van der Waals surface area contributed by atoms with Crippen LogP contribution in [0.5, 0.6) is 0 Å². The van der Waals surface area contributed by atoms with E-state index in [2.05, 4.69) is 0 Å². The fraction of sp³-hybridized carbons (Fsp3) is 0.375. The van der Waals surface area contributed by atoms with Gasteiger partial charge in [0.25, 0.3) is 11.2 Å². The van der Waals surface area contributed by atoms with E-state index >= 15 is 0 Å². The van der Waals surface area contributed by atoms with Gasteiger partial charge in [-0.1, -0.05) is 12.1 Å². The molecule has 15 heteroatoms. The molecule has 0 bridgehead atoms. The first kappa shape index (κ1) is 23.0. The van der Waals surface area contributed by atoms with Crippen LogP contribution < -0.4 is 11.2 Å². The Morgan fingerprint density at radius 2 is 2.06 bits per heavy atom. The average molecular weight is 459 g/mol. The van der Waals surface area contributed by atoms with Gasteiger partial charge in [0, 0.05) is 24.4 Å². The fourth-order valence-electron chi connectivity index (χ4n) is 2.95. The largest absolute Gasteiger partial charge is 0.472 e. The number of aliphatic hydroxyl groups excluding tert-OH is 2. The minimum Gasteiger partial charge on any atom is -0.394 e. The molecule has 1 fully saturated rings. The first-order chi connectivity index (χ1) is 14.6. The third kappa shape index (κ3) is 5.32. The highest BCUT2D eigenvalue weighted by molar-refractivity contribution is 7.47. The number of hydrogen-bond donors (Lipinski definition) is 4. The zero-order valence-corrected chi connectivity index (χ0v) is 16.5. The molecular formula is C16H18N3O11P. The van der Waals surface area contributed by atoms with E-state index in [1.165, 1.54) is 18.2 Å². The van der Waals surface area contributed by atoms with E-state index in [0.717, 1.165) is 22.9 Å². The highest BCUT2D eigenvalue weighted by Gasteiger charge is 2.48. The van der Waals surface area contributed by atoms with Crippen LogP contribution in [0, 0.1) is 10.1 Å². The quantitative estimate of drug-likeness (QED) is 0.223. The van der Waals surface area contributed by atoms with Gasteiger partial charge in [-0.05, 0) is 5.56 Å². The molecule has 2 aromatic rings. The summed E-state index contributed by atoms with van der Waals surface area (Å²) in [5, 5.41) is 30.8. The van der Waals surface area contributed by atoms with Crippen molar-refractivity contribution in [2.45, 2.75) is 31.1 Å². The zero-order valence-electron chi connectivity index (χ0n) is 15.6. The highest BCUT2D eigenvalue weighted by Crippen LogP contribution is 2.49. The highest BCUT2D eigenvalue weighted by atomic mass is 31.2. The topological polar surface area (TPSA) is 203 Å². The predicted octanol–water partition coefficient (Wildman–Crippen LogP) is -0.602. The lowest BCUT2D eigenvalue weighted by molar-refractivity contribution is -0.384. The van der Waals surface area contributed by atoms with Gasteiger partial charge in [-0.2, -0.15) is 0 Å². The summed E-state index contributed by atoms with van der Waals surface area (Å²) in [6, 6.07) is 6.16. The third-order valence-corrected chi connectivity index (χ3v) is 5.35. The normalized spacial score (nSPS) is 25.3. The van der Waals surface area contributed by atoms with Crippen LogP contribution in [0.25, 0.3) is 0 Å². The number of non-ortho nitro benzene ring substituents is 1. The molecule has 5 atom stereocenters. The van der Waals surface area contributed by atoms with Crippen LogP contribution in [0.4, 0.5) is 5.69 Å². The molecular weight excluding hydrogens is 441 g/mol. The molecule has 0 saturated carbocycles. The Labute approximate surface area is 173 Å². The number of ether oxygens (including phenoxy) is 1. The fourth-order valence-corrected chi connectivity index (χ4v) is 3.90. The summed E-state index contributed by atoms with van der Waals surface area (Å²) < 4.78 is 28.3. The first-order valence-corrected chi connectivity index (χ1v) is 10.3. The number of nitro groups is 1. The number of aromatic nitrogens is 2. The van der Waals surface area contributed by atoms with Crippen LogP contribution >= 0.6 is 7.82 Å². The van der Waals surface area contributed by atoms with Crippen LogP contribution in [0.3, 0.4) is 0 Å². The lowest BCUT2D eigenvalue weighted by Gasteiger charge is -2.22. The molecule has 0 spiro atoms. The maximum Gasteiger partial charge on any atom is 0.472 e. The van der Waals surface area contributed by atoms with Gasteiger partial charge in [-0.25, -0.2) is 9.36 Å². The predicted molar refractivity (Wildman–Crippen MR) is 101 cm³/mol.